The fourth-order valence-electron chi connectivity index (χ4n) is 4.89. The van der Waals surface area contributed by atoms with Crippen LogP contribution in [0.1, 0.15) is 44.3 Å². The number of carbonyl (C=O) groups is 1. The molecule has 0 saturated heterocycles. The molecule has 2 atom stereocenters. The van der Waals surface area contributed by atoms with Crippen LogP contribution < -0.4 is 5.32 Å². The molecule has 3 fully saturated rings. The van der Waals surface area contributed by atoms with Crippen molar-refractivity contribution in [3.63, 3.8) is 0 Å². The summed E-state index contributed by atoms with van der Waals surface area (Å²) in [6.45, 7) is 0.706. The second kappa shape index (κ2) is 5.74. The summed E-state index contributed by atoms with van der Waals surface area (Å²) in [5.74, 6) is -2.54. The Morgan fingerprint density at radius 2 is 1.79 bits per heavy atom. The summed E-state index contributed by atoms with van der Waals surface area (Å²) in [6, 6.07) is 0. The van der Waals surface area contributed by atoms with Crippen molar-refractivity contribution < 1.29 is 18.0 Å². The molecule has 1 aromatic heterocycles. The fraction of sp³-hybridized carbons (Fsp3) is 0.812. The van der Waals surface area contributed by atoms with Gasteiger partial charge in [0.15, 0.2) is 0 Å². The van der Waals surface area contributed by atoms with Gasteiger partial charge in [0.2, 0.25) is 11.9 Å². The number of aromatic nitrogens is 3. The number of nitrogens with one attached hydrogen (secondary N) is 1. The number of alkyl halides is 3. The maximum absolute atomic E-state index is 13.5. The Hall–Kier alpha value is -1.60. The lowest BCUT2D eigenvalue weighted by Crippen LogP contribution is -2.51. The average Bonchev–Trinajstić information content (AvgIpc) is 2.97. The smallest absolute Gasteiger partial charge is 0.297 e. The highest BCUT2D eigenvalue weighted by Gasteiger charge is 2.58. The second-order valence-electron chi connectivity index (χ2n) is 7.31. The van der Waals surface area contributed by atoms with Crippen LogP contribution in [0.2, 0.25) is 0 Å². The van der Waals surface area contributed by atoms with Crippen LogP contribution in [-0.4, -0.2) is 26.8 Å². The number of aryl methyl sites for hydroxylation is 1. The fourth-order valence-corrected chi connectivity index (χ4v) is 4.89. The standard InChI is InChI=1S/C16H21F3N4O/c17-16(18,19)13-10-6-4-9(5-7-10)12(13)14(24)20-15-22-21-11-3-1-2-8-23(11)15/h9-10,12-13H,1-8H2,(H,20,22,24)/t9?,10?,12-,13-/m0/s1. The predicted molar refractivity (Wildman–Crippen MR) is 80.1 cm³/mol. The highest BCUT2D eigenvalue weighted by molar-refractivity contribution is 5.91. The molecule has 1 amide bonds. The van der Waals surface area contributed by atoms with Gasteiger partial charge < -0.3 is 0 Å². The molecular formula is C16H21F3N4O. The highest BCUT2D eigenvalue weighted by Crippen LogP contribution is 2.54. The van der Waals surface area contributed by atoms with Crippen LogP contribution in [0.3, 0.4) is 0 Å². The average molecular weight is 342 g/mol. The first-order valence-corrected chi connectivity index (χ1v) is 8.75. The molecule has 0 radical (unpaired) electrons. The van der Waals surface area contributed by atoms with Gasteiger partial charge in [-0.1, -0.05) is 0 Å². The van der Waals surface area contributed by atoms with Crippen molar-refractivity contribution in [3.05, 3.63) is 5.82 Å². The molecule has 132 valence electrons. The van der Waals surface area contributed by atoms with Crippen molar-refractivity contribution in [1.29, 1.82) is 0 Å². The van der Waals surface area contributed by atoms with E-state index in [1.807, 2.05) is 4.57 Å². The van der Waals surface area contributed by atoms with Gasteiger partial charge in [-0.25, -0.2) is 0 Å². The van der Waals surface area contributed by atoms with E-state index >= 15 is 0 Å². The Balaban J connectivity index is 1.57. The number of nitrogens with zero attached hydrogens (tertiary/aromatic N) is 3. The summed E-state index contributed by atoms with van der Waals surface area (Å²) >= 11 is 0. The molecular weight excluding hydrogens is 321 g/mol. The number of anilines is 1. The van der Waals surface area contributed by atoms with Crippen molar-refractivity contribution in [1.82, 2.24) is 14.8 Å². The van der Waals surface area contributed by atoms with Crippen molar-refractivity contribution in [3.8, 4) is 0 Å². The van der Waals surface area contributed by atoms with E-state index in [0.29, 0.717) is 38.2 Å². The van der Waals surface area contributed by atoms with E-state index in [0.717, 1.165) is 25.1 Å². The Morgan fingerprint density at radius 3 is 2.50 bits per heavy atom. The van der Waals surface area contributed by atoms with E-state index in [4.69, 9.17) is 0 Å². The van der Waals surface area contributed by atoms with E-state index in [-0.39, 0.29) is 5.92 Å². The first kappa shape index (κ1) is 15.9. The van der Waals surface area contributed by atoms with Crippen molar-refractivity contribution in [2.75, 3.05) is 5.32 Å². The van der Waals surface area contributed by atoms with E-state index in [1.165, 1.54) is 0 Å². The van der Waals surface area contributed by atoms with Crippen LogP contribution in [0.25, 0.3) is 0 Å². The van der Waals surface area contributed by atoms with Crippen LogP contribution >= 0.6 is 0 Å². The number of amides is 1. The largest absolute Gasteiger partial charge is 0.392 e. The molecule has 0 unspecified atom stereocenters. The molecule has 2 heterocycles. The van der Waals surface area contributed by atoms with Gasteiger partial charge in [0, 0.05) is 13.0 Å². The van der Waals surface area contributed by atoms with Gasteiger partial charge >= 0.3 is 6.18 Å². The number of fused-ring (bicyclic) bond motifs is 4. The van der Waals surface area contributed by atoms with Crippen molar-refractivity contribution in [2.45, 2.75) is 57.7 Å². The first-order chi connectivity index (χ1) is 11.4. The Kier molecular flexibility index (Phi) is 3.80. The summed E-state index contributed by atoms with van der Waals surface area (Å²) in [4.78, 5) is 12.7. The van der Waals surface area contributed by atoms with Crippen LogP contribution in [0, 0.1) is 23.7 Å². The van der Waals surface area contributed by atoms with Crippen molar-refractivity contribution >= 4 is 11.9 Å². The van der Waals surface area contributed by atoms with Gasteiger partial charge in [0.25, 0.3) is 0 Å². The van der Waals surface area contributed by atoms with E-state index in [9.17, 15) is 18.0 Å². The summed E-state index contributed by atoms with van der Waals surface area (Å²) in [7, 11) is 0. The molecule has 1 aromatic rings. The molecule has 5 nitrogen and oxygen atoms in total. The Bertz CT molecular complexity index is 634. The third kappa shape index (κ3) is 2.59. The third-order valence-corrected chi connectivity index (χ3v) is 5.99. The molecule has 0 spiro atoms. The molecule has 0 aromatic carbocycles. The third-order valence-electron chi connectivity index (χ3n) is 5.99. The number of hydrogen-bond acceptors (Lipinski definition) is 3. The Labute approximate surface area is 138 Å². The van der Waals surface area contributed by atoms with Crippen LogP contribution in [0.5, 0.6) is 0 Å². The van der Waals surface area contributed by atoms with Gasteiger partial charge in [-0.2, -0.15) is 13.2 Å². The summed E-state index contributed by atoms with van der Waals surface area (Å²) in [5, 5.41) is 10.7. The topological polar surface area (TPSA) is 59.8 Å². The minimum Gasteiger partial charge on any atom is -0.297 e. The van der Waals surface area contributed by atoms with Gasteiger partial charge in [-0.05, 0) is 50.4 Å². The summed E-state index contributed by atoms with van der Waals surface area (Å²) in [6.07, 6.45) is 1.05. The molecule has 2 bridgehead atoms. The lowest BCUT2D eigenvalue weighted by atomic mass is 9.58. The molecule has 1 N–H and O–H groups in total. The number of rotatable bonds is 2. The van der Waals surface area contributed by atoms with Gasteiger partial charge in [-0.15, -0.1) is 10.2 Å². The van der Waals surface area contributed by atoms with E-state index < -0.39 is 29.8 Å². The minimum absolute atomic E-state index is 0.176. The lowest BCUT2D eigenvalue weighted by Gasteiger charge is -2.48. The molecule has 8 heteroatoms. The van der Waals surface area contributed by atoms with Crippen LogP contribution in [-0.2, 0) is 17.8 Å². The van der Waals surface area contributed by atoms with Crippen LogP contribution in [0.4, 0.5) is 19.1 Å². The first-order valence-electron chi connectivity index (χ1n) is 8.75. The highest BCUT2D eigenvalue weighted by atomic mass is 19.4. The Morgan fingerprint density at radius 1 is 1.08 bits per heavy atom. The predicted octanol–water partition coefficient (Wildman–Crippen LogP) is 3.17. The number of halogens is 3. The number of hydrogen-bond donors (Lipinski definition) is 1. The van der Waals surface area contributed by atoms with Gasteiger partial charge in [-0.3, -0.25) is 14.7 Å². The quantitative estimate of drug-likeness (QED) is 0.898. The summed E-state index contributed by atoms with van der Waals surface area (Å²) < 4.78 is 42.5. The molecule has 1 aliphatic heterocycles. The van der Waals surface area contributed by atoms with Crippen molar-refractivity contribution in [2.24, 2.45) is 23.7 Å². The number of carbonyl (C=O) groups excluding carboxylic acids is 1. The lowest BCUT2D eigenvalue weighted by molar-refractivity contribution is -0.227. The van der Waals surface area contributed by atoms with Crippen LogP contribution in [0.15, 0.2) is 0 Å². The second-order valence-corrected chi connectivity index (χ2v) is 7.31. The molecule has 24 heavy (non-hydrogen) atoms. The monoisotopic (exact) mass is 342 g/mol. The minimum atomic E-state index is -4.32. The maximum Gasteiger partial charge on any atom is 0.392 e. The molecule has 4 aliphatic rings. The molecule has 5 rings (SSSR count). The van der Waals surface area contributed by atoms with Gasteiger partial charge in [0.05, 0.1) is 11.8 Å². The van der Waals surface area contributed by atoms with Gasteiger partial charge in [0.1, 0.15) is 5.82 Å². The zero-order valence-corrected chi connectivity index (χ0v) is 13.4. The zero-order chi connectivity index (χ0) is 16.9. The summed E-state index contributed by atoms with van der Waals surface area (Å²) in [5.41, 5.74) is 0. The SMILES string of the molecule is O=C(Nc1nnc2n1CCCC2)[C@H]1C2CCC(CC2)[C@@H]1C(F)(F)F. The van der Waals surface area contributed by atoms with E-state index in [2.05, 4.69) is 15.5 Å². The van der Waals surface area contributed by atoms with E-state index in [1.54, 1.807) is 0 Å². The normalized spacial score (nSPS) is 32.5. The zero-order valence-electron chi connectivity index (χ0n) is 13.4. The molecule has 3 aliphatic carbocycles. The maximum atomic E-state index is 13.5. The molecule has 3 saturated carbocycles.